The molecular formula is C11H21NO. The molecule has 1 N–H and O–H groups in total. The predicted molar refractivity (Wildman–Crippen MR) is 54.6 cm³/mol. The van der Waals surface area contributed by atoms with Crippen molar-refractivity contribution in [3.8, 4) is 0 Å². The van der Waals surface area contributed by atoms with Crippen LogP contribution in [0.15, 0.2) is 0 Å². The molecule has 76 valence electrons. The second-order valence-corrected chi connectivity index (χ2v) is 4.76. The maximum Gasteiger partial charge on any atom is 0.143 e. The maximum absolute atomic E-state index is 12.1. The fourth-order valence-corrected chi connectivity index (χ4v) is 2.27. The zero-order chi connectivity index (χ0) is 10.1. The molecule has 0 aromatic carbocycles. The van der Waals surface area contributed by atoms with Gasteiger partial charge in [-0.2, -0.15) is 0 Å². The molecule has 0 amide bonds. The molecule has 0 aromatic heterocycles. The molecule has 1 aliphatic heterocycles. The third-order valence-corrected chi connectivity index (χ3v) is 3.31. The van der Waals surface area contributed by atoms with Gasteiger partial charge in [0, 0.05) is 17.9 Å². The van der Waals surface area contributed by atoms with Crippen LogP contribution in [-0.2, 0) is 4.79 Å². The quantitative estimate of drug-likeness (QED) is 0.723. The molecule has 1 rings (SSSR count). The highest BCUT2D eigenvalue weighted by Crippen LogP contribution is 2.37. The summed E-state index contributed by atoms with van der Waals surface area (Å²) in [4.78, 5) is 12.1. The molecule has 2 nitrogen and oxygen atoms in total. The monoisotopic (exact) mass is 183 g/mol. The molecular weight excluding hydrogens is 162 g/mol. The summed E-state index contributed by atoms with van der Waals surface area (Å²) in [5.41, 5.74) is -0.0752. The zero-order valence-electron chi connectivity index (χ0n) is 9.18. The number of hydrogen-bond acceptors (Lipinski definition) is 2. The number of rotatable bonds is 3. The van der Waals surface area contributed by atoms with Crippen LogP contribution in [0.5, 0.6) is 0 Å². The summed E-state index contributed by atoms with van der Waals surface area (Å²) in [5.74, 6) is 1.06. The minimum atomic E-state index is -0.0752. The largest absolute Gasteiger partial charge is 0.316 e. The van der Waals surface area contributed by atoms with Gasteiger partial charge in [0.25, 0.3) is 0 Å². The summed E-state index contributed by atoms with van der Waals surface area (Å²) in [6.45, 7) is 10.2. The number of ketones is 1. The van der Waals surface area contributed by atoms with Crippen molar-refractivity contribution in [3.05, 3.63) is 0 Å². The van der Waals surface area contributed by atoms with E-state index in [1.165, 1.54) is 0 Å². The van der Waals surface area contributed by atoms with Gasteiger partial charge in [-0.1, -0.05) is 27.7 Å². The molecule has 0 aromatic rings. The van der Waals surface area contributed by atoms with Gasteiger partial charge in [-0.15, -0.1) is 0 Å². The van der Waals surface area contributed by atoms with Crippen molar-refractivity contribution in [3.63, 3.8) is 0 Å². The predicted octanol–water partition coefficient (Wildman–Crippen LogP) is 1.85. The zero-order valence-corrected chi connectivity index (χ0v) is 9.18. The second-order valence-electron chi connectivity index (χ2n) is 4.76. The van der Waals surface area contributed by atoms with Crippen LogP contribution in [0.2, 0.25) is 0 Å². The van der Waals surface area contributed by atoms with Gasteiger partial charge in [-0.05, 0) is 18.9 Å². The van der Waals surface area contributed by atoms with Crippen molar-refractivity contribution in [2.75, 3.05) is 13.1 Å². The molecule has 2 heteroatoms. The fraction of sp³-hybridized carbons (Fsp3) is 0.909. The Labute approximate surface area is 81.1 Å². The molecule has 0 bridgehead atoms. The highest BCUT2D eigenvalue weighted by molar-refractivity contribution is 5.87. The van der Waals surface area contributed by atoms with E-state index in [1.54, 1.807) is 0 Å². The van der Waals surface area contributed by atoms with Gasteiger partial charge in [-0.3, -0.25) is 4.79 Å². The first-order valence-electron chi connectivity index (χ1n) is 5.26. The number of hydrogen-bond donors (Lipinski definition) is 1. The average Bonchev–Trinajstić information content (AvgIpc) is 2.51. The number of Topliss-reactive ketones (excluding diaryl/α,β-unsaturated/α-hetero) is 1. The van der Waals surface area contributed by atoms with Gasteiger partial charge in [0.15, 0.2) is 0 Å². The van der Waals surface area contributed by atoms with Gasteiger partial charge in [0.2, 0.25) is 0 Å². The highest BCUT2D eigenvalue weighted by atomic mass is 16.1. The summed E-state index contributed by atoms with van der Waals surface area (Å²) >= 11 is 0. The number of nitrogens with one attached hydrogen (secondary N) is 1. The molecule has 1 unspecified atom stereocenters. The van der Waals surface area contributed by atoms with E-state index in [9.17, 15) is 4.79 Å². The van der Waals surface area contributed by atoms with Crippen LogP contribution >= 0.6 is 0 Å². The summed E-state index contributed by atoms with van der Waals surface area (Å²) < 4.78 is 0. The molecule has 1 saturated heterocycles. The lowest BCUT2D eigenvalue weighted by Crippen LogP contribution is -2.40. The van der Waals surface area contributed by atoms with Crippen LogP contribution in [0, 0.1) is 17.3 Å². The summed E-state index contributed by atoms with van der Waals surface area (Å²) in [5, 5.41) is 3.31. The Kier molecular flexibility index (Phi) is 3.12. The van der Waals surface area contributed by atoms with E-state index in [2.05, 4.69) is 19.2 Å². The van der Waals surface area contributed by atoms with Crippen LogP contribution < -0.4 is 5.32 Å². The van der Waals surface area contributed by atoms with Crippen molar-refractivity contribution in [1.82, 2.24) is 5.32 Å². The van der Waals surface area contributed by atoms with Gasteiger partial charge < -0.3 is 5.32 Å². The molecule has 0 saturated carbocycles. The third-order valence-electron chi connectivity index (χ3n) is 3.31. The minimum Gasteiger partial charge on any atom is -0.316 e. The van der Waals surface area contributed by atoms with E-state index >= 15 is 0 Å². The van der Waals surface area contributed by atoms with Gasteiger partial charge in [0.1, 0.15) is 5.78 Å². The fourth-order valence-electron chi connectivity index (χ4n) is 2.27. The van der Waals surface area contributed by atoms with Crippen molar-refractivity contribution >= 4 is 5.78 Å². The van der Waals surface area contributed by atoms with Crippen molar-refractivity contribution in [2.24, 2.45) is 17.3 Å². The summed E-state index contributed by atoms with van der Waals surface area (Å²) in [6, 6.07) is 0. The van der Waals surface area contributed by atoms with E-state index in [4.69, 9.17) is 0 Å². The molecule has 1 heterocycles. The Morgan fingerprint density at radius 3 is 2.23 bits per heavy atom. The first-order valence-corrected chi connectivity index (χ1v) is 5.26. The molecule has 1 fully saturated rings. The smallest absolute Gasteiger partial charge is 0.143 e. The van der Waals surface area contributed by atoms with E-state index in [0.29, 0.717) is 11.7 Å². The van der Waals surface area contributed by atoms with Gasteiger partial charge >= 0.3 is 0 Å². The lowest BCUT2D eigenvalue weighted by atomic mass is 9.70. The summed E-state index contributed by atoms with van der Waals surface area (Å²) in [6.07, 6.45) is 1.02. The van der Waals surface area contributed by atoms with E-state index in [-0.39, 0.29) is 11.3 Å². The topological polar surface area (TPSA) is 29.1 Å². The van der Waals surface area contributed by atoms with E-state index in [0.717, 1.165) is 19.5 Å². The molecule has 1 atom stereocenters. The Morgan fingerprint density at radius 1 is 1.31 bits per heavy atom. The minimum absolute atomic E-state index is 0.0752. The van der Waals surface area contributed by atoms with Crippen LogP contribution in [0.4, 0.5) is 0 Å². The lowest BCUT2D eigenvalue weighted by Gasteiger charge is -2.32. The Morgan fingerprint density at radius 2 is 1.92 bits per heavy atom. The van der Waals surface area contributed by atoms with Crippen LogP contribution in [-0.4, -0.2) is 18.9 Å². The Hall–Kier alpha value is -0.370. The molecule has 13 heavy (non-hydrogen) atoms. The first-order chi connectivity index (χ1) is 6.00. The highest BCUT2D eigenvalue weighted by Gasteiger charge is 2.44. The van der Waals surface area contributed by atoms with Crippen LogP contribution in [0.1, 0.15) is 34.1 Å². The Balaban J connectivity index is 2.84. The number of carbonyl (C=O) groups is 1. The van der Waals surface area contributed by atoms with E-state index in [1.807, 2.05) is 13.8 Å². The standard InChI is InChI=1S/C11H21NO/c1-8(2)10(13)11(9(3)4)5-6-12-7-11/h8-9,12H,5-7H2,1-4H3. The average molecular weight is 183 g/mol. The Bertz CT molecular complexity index is 190. The van der Waals surface area contributed by atoms with Crippen molar-refractivity contribution < 1.29 is 4.79 Å². The van der Waals surface area contributed by atoms with Gasteiger partial charge in [-0.25, -0.2) is 0 Å². The van der Waals surface area contributed by atoms with Crippen LogP contribution in [0.3, 0.4) is 0 Å². The van der Waals surface area contributed by atoms with Crippen molar-refractivity contribution in [1.29, 1.82) is 0 Å². The molecule has 0 spiro atoms. The second kappa shape index (κ2) is 3.79. The molecule has 1 aliphatic rings. The van der Waals surface area contributed by atoms with Crippen LogP contribution in [0.25, 0.3) is 0 Å². The number of carbonyl (C=O) groups excluding carboxylic acids is 1. The van der Waals surface area contributed by atoms with Crippen molar-refractivity contribution in [2.45, 2.75) is 34.1 Å². The summed E-state index contributed by atoms with van der Waals surface area (Å²) in [7, 11) is 0. The molecule has 0 aliphatic carbocycles. The SMILES string of the molecule is CC(C)C(=O)C1(C(C)C)CCNC1. The molecule has 0 radical (unpaired) electrons. The normalized spacial score (nSPS) is 28.8. The lowest BCUT2D eigenvalue weighted by molar-refractivity contribution is -0.133. The third kappa shape index (κ3) is 1.78. The maximum atomic E-state index is 12.1. The first kappa shape index (κ1) is 10.7. The van der Waals surface area contributed by atoms with Gasteiger partial charge in [0.05, 0.1) is 0 Å². The van der Waals surface area contributed by atoms with E-state index < -0.39 is 0 Å².